The molecule has 1 aromatic carbocycles. The zero-order valence-electron chi connectivity index (χ0n) is 9.95. The highest BCUT2D eigenvalue weighted by Crippen LogP contribution is 2.24. The molecule has 1 fully saturated rings. The van der Waals surface area contributed by atoms with Crippen LogP contribution in [0.25, 0.3) is 0 Å². The summed E-state index contributed by atoms with van der Waals surface area (Å²) in [4.78, 5) is 10.3. The quantitative estimate of drug-likeness (QED) is 0.853. The summed E-state index contributed by atoms with van der Waals surface area (Å²) >= 11 is 0. The van der Waals surface area contributed by atoms with E-state index in [0.717, 1.165) is 25.7 Å². The van der Waals surface area contributed by atoms with Gasteiger partial charge in [0.15, 0.2) is 0 Å². The van der Waals surface area contributed by atoms with Gasteiger partial charge in [-0.2, -0.15) is 0 Å². The molecule has 0 radical (unpaired) electrons. The Labute approximate surface area is 107 Å². The molecule has 1 aliphatic rings. The van der Waals surface area contributed by atoms with E-state index in [1.165, 1.54) is 12.1 Å². The molecule has 0 unspecified atom stereocenters. The molecule has 18 heavy (non-hydrogen) atoms. The summed E-state index contributed by atoms with van der Waals surface area (Å²) in [6.45, 7) is 0. The number of nitrogens with two attached hydrogens (primary N) is 1. The second kappa shape index (κ2) is 6.51. The van der Waals surface area contributed by atoms with Crippen molar-refractivity contribution in [2.75, 3.05) is 0 Å². The van der Waals surface area contributed by atoms with Crippen LogP contribution in [0.3, 0.4) is 0 Å². The molecule has 1 saturated carbocycles. The molecule has 0 aromatic heterocycles. The Kier molecular flexibility index (Phi) is 5.30. The minimum atomic E-state index is -3.50. The van der Waals surface area contributed by atoms with Crippen LogP contribution in [0.1, 0.15) is 25.7 Å². The maximum Gasteiger partial charge on any atom is 0.306 e. The lowest BCUT2D eigenvalue weighted by Gasteiger charge is -1.97. The van der Waals surface area contributed by atoms with Crippen molar-refractivity contribution in [2.24, 2.45) is 11.1 Å². The molecule has 0 bridgehead atoms. The number of carboxylic acid groups (broad SMARTS) is 1. The molecule has 100 valence electrons. The first-order chi connectivity index (χ1) is 8.41. The largest absolute Gasteiger partial charge is 0.481 e. The maximum atomic E-state index is 10.6. The lowest BCUT2D eigenvalue weighted by molar-refractivity contribution is -0.141. The van der Waals surface area contributed by atoms with E-state index in [-0.39, 0.29) is 10.8 Å². The van der Waals surface area contributed by atoms with Gasteiger partial charge in [-0.15, -0.1) is 0 Å². The Morgan fingerprint density at radius 1 is 1.17 bits per heavy atom. The van der Waals surface area contributed by atoms with E-state index in [0.29, 0.717) is 0 Å². The fraction of sp³-hybridized carbons (Fsp3) is 0.417. The van der Waals surface area contributed by atoms with Gasteiger partial charge in [-0.05, 0) is 25.0 Å². The molecule has 1 aliphatic carbocycles. The van der Waals surface area contributed by atoms with Gasteiger partial charge in [-0.3, -0.25) is 4.79 Å². The first kappa shape index (κ1) is 14.7. The van der Waals surface area contributed by atoms with E-state index in [9.17, 15) is 13.2 Å². The first-order valence-corrected chi connectivity index (χ1v) is 7.26. The molecule has 6 heteroatoms. The molecule has 0 amide bonds. The number of rotatable bonds is 2. The van der Waals surface area contributed by atoms with Gasteiger partial charge >= 0.3 is 5.97 Å². The predicted octanol–water partition coefficient (Wildman–Crippen LogP) is 1.60. The zero-order chi connectivity index (χ0) is 13.6. The number of aliphatic carboxylic acids is 1. The van der Waals surface area contributed by atoms with Crippen molar-refractivity contribution in [3.05, 3.63) is 30.3 Å². The highest BCUT2D eigenvalue weighted by atomic mass is 32.2. The predicted molar refractivity (Wildman–Crippen MR) is 67.4 cm³/mol. The highest BCUT2D eigenvalue weighted by Gasteiger charge is 2.21. The van der Waals surface area contributed by atoms with E-state index < -0.39 is 16.0 Å². The topological polar surface area (TPSA) is 97.5 Å². The number of hydrogen-bond acceptors (Lipinski definition) is 3. The van der Waals surface area contributed by atoms with Crippen LogP contribution in [0.15, 0.2) is 35.2 Å². The van der Waals surface area contributed by atoms with Crippen LogP contribution in [0.2, 0.25) is 0 Å². The van der Waals surface area contributed by atoms with Crippen LogP contribution in [-0.2, 0) is 14.8 Å². The van der Waals surface area contributed by atoms with Crippen LogP contribution in [0.4, 0.5) is 0 Å². The van der Waals surface area contributed by atoms with Crippen LogP contribution < -0.4 is 5.14 Å². The van der Waals surface area contributed by atoms with Gasteiger partial charge in [0.2, 0.25) is 10.0 Å². The van der Waals surface area contributed by atoms with Crippen LogP contribution in [0, 0.1) is 5.92 Å². The molecule has 3 N–H and O–H groups in total. The minimum absolute atomic E-state index is 0.0185. The second-order valence-electron chi connectivity index (χ2n) is 4.18. The summed E-state index contributed by atoms with van der Waals surface area (Å²) in [5.41, 5.74) is 0. The second-order valence-corrected chi connectivity index (χ2v) is 5.74. The van der Waals surface area contributed by atoms with Gasteiger partial charge in [0.25, 0.3) is 0 Å². The molecule has 2 rings (SSSR count). The van der Waals surface area contributed by atoms with Crippen molar-refractivity contribution in [1.29, 1.82) is 0 Å². The molecule has 0 atom stereocenters. The normalized spacial score (nSPS) is 15.8. The van der Waals surface area contributed by atoms with Gasteiger partial charge in [0.1, 0.15) is 0 Å². The van der Waals surface area contributed by atoms with Crippen molar-refractivity contribution in [3.8, 4) is 0 Å². The number of carboxylic acids is 1. The van der Waals surface area contributed by atoms with Gasteiger partial charge in [-0.1, -0.05) is 31.0 Å². The summed E-state index contributed by atoms with van der Waals surface area (Å²) in [6.07, 6.45) is 4.01. The lowest BCUT2D eigenvalue weighted by Crippen LogP contribution is -2.11. The highest BCUT2D eigenvalue weighted by molar-refractivity contribution is 7.89. The smallest absolute Gasteiger partial charge is 0.306 e. The fourth-order valence-corrected chi connectivity index (χ4v) is 2.32. The molecular formula is C12H17NO4S. The van der Waals surface area contributed by atoms with Gasteiger partial charge in [0, 0.05) is 0 Å². The van der Waals surface area contributed by atoms with Crippen LogP contribution in [0.5, 0.6) is 0 Å². The van der Waals surface area contributed by atoms with Crippen LogP contribution in [-0.4, -0.2) is 19.5 Å². The summed E-state index contributed by atoms with van der Waals surface area (Å²) < 4.78 is 21.2. The van der Waals surface area contributed by atoms with E-state index >= 15 is 0 Å². The SMILES string of the molecule is NS(=O)(=O)c1ccccc1.O=C(O)C1CCCC1. The van der Waals surface area contributed by atoms with Crippen LogP contribution >= 0.6 is 0 Å². The van der Waals surface area contributed by atoms with E-state index in [4.69, 9.17) is 10.2 Å². The molecule has 1 aromatic rings. The monoisotopic (exact) mass is 271 g/mol. The van der Waals surface area contributed by atoms with Crippen molar-refractivity contribution in [2.45, 2.75) is 30.6 Å². The third kappa shape index (κ3) is 4.85. The lowest BCUT2D eigenvalue weighted by atomic mass is 10.1. The van der Waals surface area contributed by atoms with Crippen molar-refractivity contribution in [1.82, 2.24) is 0 Å². The number of carbonyl (C=O) groups is 1. The fourth-order valence-electron chi connectivity index (χ4n) is 1.78. The third-order valence-corrected chi connectivity index (χ3v) is 3.71. The number of sulfonamides is 1. The Morgan fingerprint density at radius 2 is 1.67 bits per heavy atom. The average Bonchev–Trinajstić information content (AvgIpc) is 2.83. The van der Waals surface area contributed by atoms with E-state index in [1.807, 2.05) is 0 Å². The molecule has 0 heterocycles. The minimum Gasteiger partial charge on any atom is -0.481 e. The molecule has 5 nitrogen and oxygen atoms in total. The summed E-state index contributed by atoms with van der Waals surface area (Å²) in [5, 5.41) is 13.2. The van der Waals surface area contributed by atoms with Gasteiger partial charge in [-0.25, -0.2) is 13.6 Å². The average molecular weight is 271 g/mol. The molecular weight excluding hydrogens is 254 g/mol. The summed E-state index contributed by atoms with van der Waals surface area (Å²) in [7, 11) is -3.50. The van der Waals surface area contributed by atoms with E-state index in [1.54, 1.807) is 18.2 Å². The van der Waals surface area contributed by atoms with E-state index in [2.05, 4.69) is 0 Å². The Hall–Kier alpha value is -1.40. The van der Waals surface area contributed by atoms with Gasteiger partial charge < -0.3 is 5.11 Å². The first-order valence-electron chi connectivity index (χ1n) is 5.72. The number of benzene rings is 1. The van der Waals surface area contributed by atoms with Crippen molar-refractivity contribution >= 4 is 16.0 Å². The molecule has 0 spiro atoms. The van der Waals surface area contributed by atoms with Gasteiger partial charge in [0.05, 0.1) is 10.8 Å². The number of primary sulfonamides is 1. The summed E-state index contributed by atoms with van der Waals surface area (Å²) in [5.74, 6) is -0.627. The third-order valence-electron chi connectivity index (χ3n) is 2.78. The van der Waals surface area contributed by atoms with Crippen molar-refractivity contribution < 1.29 is 18.3 Å². The molecule has 0 aliphatic heterocycles. The summed E-state index contributed by atoms with van der Waals surface area (Å²) in [6, 6.07) is 7.89. The number of hydrogen-bond donors (Lipinski definition) is 2. The van der Waals surface area contributed by atoms with Crippen molar-refractivity contribution in [3.63, 3.8) is 0 Å². The zero-order valence-corrected chi connectivity index (χ0v) is 10.8. The standard InChI is InChI=1S/C6H7NO2S.C6H10O2/c7-10(8,9)6-4-2-1-3-5-6;7-6(8)5-3-1-2-4-5/h1-5H,(H2,7,8,9);5H,1-4H2,(H,7,8). The maximum absolute atomic E-state index is 10.6. The Morgan fingerprint density at radius 3 is 1.94 bits per heavy atom. The molecule has 0 saturated heterocycles. The Bertz CT molecular complexity index is 478. The Balaban J connectivity index is 0.000000184.